The van der Waals surface area contributed by atoms with Crippen LogP contribution in [0.15, 0.2) is 24.3 Å². The fourth-order valence-electron chi connectivity index (χ4n) is 1.62. The van der Waals surface area contributed by atoms with Crippen LogP contribution in [0.25, 0.3) is 0 Å². The molecule has 0 aliphatic rings. The first-order valence-corrected chi connectivity index (χ1v) is 6.63. The second-order valence-electron chi connectivity index (χ2n) is 4.53. The molecule has 110 valence electrons. The summed E-state index contributed by atoms with van der Waals surface area (Å²) in [5.41, 5.74) is 0.738. The Morgan fingerprint density at radius 1 is 1.30 bits per heavy atom. The minimum Gasteiger partial charge on any atom is -0.496 e. The van der Waals surface area contributed by atoms with Gasteiger partial charge in [-0.25, -0.2) is 0 Å². The zero-order valence-electron chi connectivity index (χ0n) is 12.1. The lowest BCUT2D eigenvalue weighted by molar-refractivity contribution is -0.148. The SMILES string of the molecule is CC[C@@H](C)NC(=O)COC(=O)Cc1ccccc1OC. The molecule has 5 heteroatoms. The number of esters is 1. The van der Waals surface area contributed by atoms with Gasteiger partial charge in [-0.1, -0.05) is 25.1 Å². The van der Waals surface area contributed by atoms with E-state index in [4.69, 9.17) is 9.47 Å². The summed E-state index contributed by atoms with van der Waals surface area (Å²) in [5.74, 6) is -0.102. The van der Waals surface area contributed by atoms with Gasteiger partial charge in [-0.2, -0.15) is 0 Å². The molecule has 0 unspecified atom stereocenters. The lowest BCUT2D eigenvalue weighted by Gasteiger charge is -2.12. The molecule has 1 amide bonds. The predicted octanol–water partition coefficient (Wildman–Crippen LogP) is 1.70. The monoisotopic (exact) mass is 279 g/mol. The first-order chi connectivity index (χ1) is 9.56. The van der Waals surface area contributed by atoms with E-state index in [0.717, 1.165) is 12.0 Å². The summed E-state index contributed by atoms with van der Waals surface area (Å²) in [7, 11) is 1.55. The van der Waals surface area contributed by atoms with Gasteiger partial charge in [0.2, 0.25) is 0 Å². The third-order valence-electron chi connectivity index (χ3n) is 2.91. The predicted molar refractivity (Wildman–Crippen MR) is 75.6 cm³/mol. The van der Waals surface area contributed by atoms with Gasteiger partial charge >= 0.3 is 5.97 Å². The number of ether oxygens (including phenoxy) is 2. The molecular weight excluding hydrogens is 258 g/mol. The molecule has 5 nitrogen and oxygen atoms in total. The quantitative estimate of drug-likeness (QED) is 0.771. The number of hydrogen-bond acceptors (Lipinski definition) is 4. The van der Waals surface area contributed by atoms with Crippen LogP contribution in [0.1, 0.15) is 25.8 Å². The molecule has 0 saturated heterocycles. The average Bonchev–Trinajstić information content (AvgIpc) is 2.45. The van der Waals surface area contributed by atoms with Gasteiger partial charge in [0, 0.05) is 11.6 Å². The molecular formula is C15H21NO4. The van der Waals surface area contributed by atoms with Crippen molar-refractivity contribution in [3.63, 3.8) is 0 Å². The van der Waals surface area contributed by atoms with Gasteiger partial charge in [0.05, 0.1) is 13.5 Å². The van der Waals surface area contributed by atoms with Crippen LogP contribution in [0.3, 0.4) is 0 Å². The van der Waals surface area contributed by atoms with Crippen LogP contribution in [0, 0.1) is 0 Å². The largest absolute Gasteiger partial charge is 0.496 e. The molecule has 0 bridgehead atoms. The Hall–Kier alpha value is -2.04. The summed E-state index contributed by atoms with van der Waals surface area (Å²) in [6.45, 7) is 3.62. The second kappa shape index (κ2) is 8.19. The zero-order chi connectivity index (χ0) is 15.0. The third kappa shape index (κ3) is 5.30. The number of hydrogen-bond donors (Lipinski definition) is 1. The molecule has 0 radical (unpaired) electrons. The van der Waals surface area contributed by atoms with Crippen molar-refractivity contribution in [2.45, 2.75) is 32.7 Å². The number of carbonyl (C=O) groups is 2. The van der Waals surface area contributed by atoms with E-state index in [9.17, 15) is 9.59 Å². The van der Waals surface area contributed by atoms with Gasteiger partial charge in [0.25, 0.3) is 5.91 Å². The van der Waals surface area contributed by atoms with Gasteiger partial charge in [-0.15, -0.1) is 0 Å². The molecule has 0 aliphatic heterocycles. The van der Waals surface area contributed by atoms with E-state index in [2.05, 4.69) is 5.32 Å². The zero-order valence-corrected chi connectivity index (χ0v) is 12.1. The van der Waals surface area contributed by atoms with Crippen LogP contribution in [0.2, 0.25) is 0 Å². The number of carbonyl (C=O) groups excluding carboxylic acids is 2. The molecule has 0 heterocycles. The maximum atomic E-state index is 11.7. The summed E-state index contributed by atoms with van der Waals surface area (Å²) >= 11 is 0. The Labute approximate surface area is 119 Å². The van der Waals surface area contributed by atoms with Gasteiger partial charge in [-0.05, 0) is 19.4 Å². The van der Waals surface area contributed by atoms with Gasteiger partial charge in [0.1, 0.15) is 5.75 Å². The number of methoxy groups -OCH3 is 1. The van der Waals surface area contributed by atoms with E-state index in [-0.39, 0.29) is 25.0 Å². The number of rotatable bonds is 7. The van der Waals surface area contributed by atoms with E-state index in [1.54, 1.807) is 19.2 Å². The van der Waals surface area contributed by atoms with E-state index in [1.165, 1.54) is 0 Å². The molecule has 1 aromatic carbocycles. The maximum Gasteiger partial charge on any atom is 0.310 e. The van der Waals surface area contributed by atoms with Crippen molar-refractivity contribution >= 4 is 11.9 Å². The average molecular weight is 279 g/mol. The third-order valence-corrected chi connectivity index (χ3v) is 2.91. The molecule has 0 fully saturated rings. The fourth-order valence-corrected chi connectivity index (χ4v) is 1.62. The molecule has 1 N–H and O–H groups in total. The maximum absolute atomic E-state index is 11.7. The minimum absolute atomic E-state index is 0.0791. The first-order valence-electron chi connectivity index (χ1n) is 6.63. The summed E-state index contributed by atoms with van der Waals surface area (Å²) in [6, 6.07) is 7.29. The van der Waals surface area contributed by atoms with Crippen molar-refractivity contribution in [1.82, 2.24) is 5.32 Å². The smallest absolute Gasteiger partial charge is 0.310 e. The number of benzene rings is 1. The lowest BCUT2D eigenvalue weighted by atomic mass is 10.1. The van der Waals surface area contributed by atoms with E-state index in [0.29, 0.717) is 5.75 Å². The molecule has 0 spiro atoms. The van der Waals surface area contributed by atoms with Crippen LogP contribution in [-0.2, 0) is 20.7 Å². The Kier molecular flexibility index (Phi) is 6.56. The Morgan fingerprint density at radius 3 is 2.65 bits per heavy atom. The summed E-state index contributed by atoms with van der Waals surface area (Å²) in [4.78, 5) is 23.2. The highest BCUT2D eigenvalue weighted by atomic mass is 16.5. The fraction of sp³-hybridized carbons (Fsp3) is 0.467. The molecule has 0 saturated carbocycles. The Bertz CT molecular complexity index is 459. The molecule has 0 aromatic heterocycles. The van der Waals surface area contributed by atoms with Gasteiger partial charge in [-0.3, -0.25) is 9.59 Å². The van der Waals surface area contributed by atoms with Crippen molar-refractivity contribution in [2.75, 3.05) is 13.7 Å². The second-order valence-corrected chi connectivity index (χ2v) is 4.53. The molecule has 20 heavy (non-hydrogen) atoms. The summed E-state index contributed by atoms with van der Waals surface area (Å²) in [5, 5.41) is 2.73. The Balaban J connectivity index is 2.42. The van der Waals surface area contributed by atoms with Crippen molar-refractivity contribution in [1.29, 1.82) is 0 Å². The summed E-state index contributed by atoms with van der Waals surface area (Å²) in [6.07, 6.45) is 0.918. The van der Waals surface area contributed by atoms with E-state index in [1.807, 2.05) is 26.0 Å². The number of nitrogens with one attached hydrogen (secondary N) is 1. The molecule has 1 atom stereocenters. The Morgan fingerprint density at radius 2 is 2.00 bits per heavy atom. The topological polar surface area (TPSA) is 64.6 Å². The van der Waals surface area contributed by atoms with Crippen LogP contribution in [-0.4, -0.2) is 31.6 Å². The normalized spacial score (nSPS) is 11.6. The van der Waals surface area contributed by atoms with E-state index < -0.39 is 5.97 Å². The highest BCUT2D eigenvalue weighted by molar-refractivity contribution is 5.81. The van der Waals surface area contributed by atoms with Crippen LogP contribution in [0.4, 0.5) is 0 Å². The molecule has 1 rings (SSSR count). The first kappa shape index (κ1) is 16.0. The van der Waals surface area contributed by atoms with Gasteiger partial charge < -0.3 is 14.8 Å². The molecule has 0 aliphatic carbocycles. The number of para-hydroxylation sites is 1. The highest BCUT2D eigenvalue weighted by Gasteiger charge is 2.12. The van der Waals surface area contributed by atoms with Crippen molar-refractivity contribution in [3.05, 3.63) is 29.8 Å². The molecule has 1 aromatic rings. The van der Waals surface area contributed by atoms with Crippen LogP contribution < -0.4 is 10.1 Å². The van der Waals surface area contributed by atoms with Crippen molar-refractivity contribution in [3.8, 4) is 5.75 Å². The standard InChI is InChI=1S/C15H21NO4/c1-4-11(2)16-14(17)10-20-15(18)9-12-7-5-6-8-13(12)19-3/h5-8,11H,4,9-10H2,1-3H3,(H,16,17)/t11-/m1/s1. The highest BCUT2D eigenvalue weighted by Crippen LogP contribution is 2.17. The van der Waals surface area contributed by atoms with E-state index >= 15 is 0 Å². The van der Waals surface area contributed by atoms with Gasteiger partial charge in [0.15, 0.2) is 6.61 Å². The van der Waals surface area contributed by atoms with Crippen LogP contribution >= 0.6 is 0 Å². The summed E-state index contributed by atoms with van der Waals surface area (Å²) < 4.78 is 10.1. The van der Waals surface area contributed by atoms with Crippen molar-refractivity contribution < 1.29 is 19.1 Å². The van der Waals surface area contributed by atoms with Crippen LogP contribution in [0.5, 0.6) is 5.75 Å². The minimum atomic E-state index is -0.450. The lowest BCUT2D eigenvalue weighted by Crippen LogP contribution is -2.35. The van der Waals surface area contributed by atoms with Crippen molar-refractivity contribution in [2.24, 2.45) is 0 Å². The number of amides is 1.